The lowest BCUT2D eigenvalue weighted by molar-refractivity contribution is 0.117. The van der Waals surface area contributed by atoms with Crippen LogP contribution in [0.3, 0.4) is 0 Å². The topological polar surface area (TPSA) is 32.3 Å². The van der Waals surface area contributed by atoms with Gasteiger partial charge in [-0.25, -0.2) is 8.78 Å². The lowest BCUT2D eigenvalue weighted by Crippen LogP contribution is -2.35. The summed E-state index contributed by atoms with van der Waals surface area (Å²) in [6.45, 7) is 0.640. The van der Waals surface area contributed by atoms with Crippen molar-refractivity contribution in [1.82, 2.24) is 5.32 Å². The van der Waals surface area contributed by atoms with Gasteiger partial charge in [-0.05, 0) is 62.4 Å². The van der Waals surface area contributed by atoms with Crippen molar-refractivity contribution in [3.63, 3.8) is 0 Å². The van der Waals surface area contributed by atoms with Crippen molar-refractivity contribution >= 4 is 0 Å². The summed E-state index contributed by atoms with van der Waals surface area (Å²) in [7, 11) is 0. The van der Waals surface area contributed by atoms with Gasteiger partial charge in [0.05, 0.1) is 6.10 Å². The van der Waals surface area contributed by atoms with Crippen molar-refractivity contribution in [3.05, 3.63) is 35.4 Å². The van der Waals surface area contributed by atoms with E-state index in [4.69, 9.17) is 0 Å². The molecule has 4 heteroatoms. The van der Waals surface area contributed by atoms with Gasteiger partial charge >= 0.3 is 0 Å². The minimum atomic E-state index is -0.396. The quantitative estimate of drug-likeness (QED) is 0.866. The van der Waals surface area contributed by atoms with Crippen molar-refractivity contribution in [2.75, 3.05) is 6.54 Å². The van der Waals surface area contributed by atoms with Crippen molar-refractivity contribution in [3.8, 4) is 0 Å². The molecule has 0 radical (unpaired) electrons. The molecular formula is C14H19F2NO. The first kappa shape index (κ1) is 13.4. The van der Waals surface area contributed by atoms with E-state index >= 15 is 0 Å². The third kappa shape index (κ3) is 3.75. The Hall–Kier alpha value is -1.00. The highest BCUT2D eigenvalue weighted by Crippen LogP contribution is 2.18. The van der Waals surface area contributed by atoms with E-state index in [2.05, 4.69) is 5.32 Å². The van der Waals surface area contributed by atoms with Crippen LogP contribution in [0.5, 0.6) is 0 Å². The van der Waals surface area contributed by atoms with Crippen LogP contribution < -0.4 is 5.32 Å². The Kier molecular flexibility index (Phi) is 4.66. The smallest absolute Gasteiger partial charge is 0.126 e. The van der Waals surface area contributed by atoms with Crippen molar-refractivity contribution in [1.29, 1.82) is 0 Å². The maximum Gasteiger partial charge on any atom is 0.126 e. The molecule has 2 N–H and O–H groups in total. The van der Waals surface area contributed by atoms with Crippen LogP contribution in [-0.2, 0) is 6.42 Å². The molecule has 0 amide bonds. The average Bonchev–Trinajstić information content (AvgIpc) is 2.36. The number of aliphatic hydroxyl groups excluding tert-OH is 1. The minimum Gasteiger partial charge on any atom is -0.393 e. The highest BCUT2D eigenvalue weighted by Gasteiger charge is 2.18. The normalized spacial score (nSPS) is 24.2. The predicted octanol–water partition coefficient (Wildman–Crippen LogP) is 2.40. The molecule has 1 aliphatic carbocycles. The average molecular weight is 255 g/mol. The molecule has 1 aliphatic rings. The standard InChI is InChI=1S/C14H19F2NO/c15-11-1-6-14(16)10(9-11)7-8-17-12-2-4-13(18)5-3-12/h1,6,9,12-13,17-18H,2-5,7-8H2. The van der Waals surface area contributed by atoms with Crippen LogP contribution in [0.4, 0.5) is 8.78 Å². The van der Waals surface area contributed by atoms with E-state index in [9.17, 15) is 13.9 Å². The molecule has 1 saturated carbocycles. The van der Waals surface area contributed by atoms with Crippen LogP contribution in [-0.4, -0.2) is 23.8 Å². The molecule has 1 fully saturated rings. The van der Waals surface area contributed by atoms with Crippen LogP contribution in [0.15, 0.2) is 18.2 Å². The third-order valence-electron chi connectivity index (χ3n) is 3.53. The number of hydrogen-bond donors (Lipinski definition) is 2. The molecule has 2 rings (SSSR count). The van der Waals surface area contributed by atoms with Crippen molar-refractivity contribution in [2.45, 2.75) is 44.2 Å². The second-order valence-corrected chi connectivity index (χ2v) is 4.95. The number of rotatable bonds is 4. The maximum atomic E-state index is 13.4. The molecule has 100 valence electrons. The van der Waals surface area contributed by atoms with E-state index < -0.39 is 5.82 Å². The summed E-state index contributed by atoms with van der Waals surface area (Å²) in [4.78, 5) is 0. The first-order chi connectivity index (χ1) is 8.65. The predicted molar refractivity (Wildman–Crippen MR) is 66.3 cm³/mol. The maximum absolute atomic E-state index is 13.4. The third-order valence-corrected chi connectivity index (χ3v) is 3.53. The van der Waals surface area contributed by atoms with Gasteiger partial charge in [0, 0.05) is 6.04 Å². The van der Waals surface area contributed by atoms with Gasteiger partial charge in [0.2, 0.25) is 0 Å². The summed E-state index contributed by atoms with van der Waals surface area (Å²) < 4.78 is 26.3. The molecule has 0 unspecified atom stereocenters. The molecule has 2 nitrogen and oxygen atoms in total. The van der Waals surface area contributed by atoms with Gasteiger partial charge in [-0.3, -0.25) is 0 Å². The number of aliphatic hydroxyl groups is 1. The van der Waals surface area contributed by atoms with Crippen LogP contribution in [0.1, 0.15) is 31.2 Å². The van der Waals surface area contributed by atoms with Crippen LogP contribution >= 0.6 is 0 Å². The summed E-state index contributed by atoms with van der Waals surface area (Å²) in [5.74, 6) is -0.746. The van der Waals surface area contributed by atoms with E-state index in [1.165, 1.54) is 12.1 Å². The summed E-state index contributed by atoms with van der Waals surface area (Å²) in [5, 5.41) is 12.7. The largest absolute Gasteiger partial charge is 0.393 e. The molecule has 1 aromatic carbocycles. The zero-order chi connectivity index (χ0) is 13.0. The van der Waals surface area contributed by atoms with Gasteiger partial charge in [-0.1, -0.05) is 0 Å². The fraction of sp³-hybridized carbons (Fsp3) is 0.571. The van der Waals surface area contributed by atoms with E-state index in [1.54, 1.807) is 0 Å². The van der Waals surface area contributed by atoms with Gasteiger partial charge in [0.15, 0.2) is 0 Å². The summed E-state index contributed by atoms with van der Waals surface area (Å²) >= 11 is 0. The number of halogens is 2. The van der Waals surface area contributed by atoms with E-state index in [1.807, 2.05) is 0 Å². The molecule has 0 aliphatic heterocycles. The molecular weight excluding hydrogens is 236 g/mol. The minimum absolute atomic E-state index is 0.163. The lowest BCUT2D eigenvalue weighted by atomic mass is 9.93. The summed E-state index contributed by atoms with van der Waals surface area (Å²) in [5.41, 5.74) is 0.415. The Balaban J connectivity index is 1.76. The van der Waals surface area contributed by atoms with Gasteiger partial charge in [0.1, 0.15) is 11.6 Å². The Morgan fingerprint density at radius 2 is 1.89 bits per heavy atom. The SMILES string of the molecule is OC1CCC(NCCc2cc(F)ccc2F)CC1. The number of hydrogen-bond acceptors (Lipinski definition) is 2. The highest BCUT2D eigenvalue weighted by molar-refractivity contribution is 5.19. The molecule has 0 bridgehead atoms. The number of benzene rings is 1. The molecule has 0 spiro atoms. The van der Waals surface area contributed by atoms with Crippen LogP contribution in [0, 0.1) is 11.6 Å². The first-order valence-corrected chi connectivity index (χ1v) is 6.50. The van der Waals surface area contributed by atoms with E-state index in [0.29, 0.717) is 24.6 Å². The van der Waals surface area contributed by atoms with E-state index in [0.717, 1.165) is 31.7 Å². The van der Waals surface area contributed by atoms with Crippen LogP contribution in [0.2, 0.25) is 0 Å². The van der Waals surface area contributed by atoms with E-state index in [-0.39, 0.29) is 11.9 Å². The Morgan fingerprint density at radius 3 is 2.61 bits per heavy atom. The van der Waals surface area contributed by atoms with Gasteiger partial charge < -0.3 is 10.4 Å². The fourth-order valence-corrected chi connectivity index (χ4v) is 2.43. The Bertz CT molecular complexity index is 389. The molecule has 0 atom stereocenters. The highest BCUT2D eigenvalue weighted by atomic mass is 19.1. The molecule has 0 aromatic heterocycles. The molecule has 0 saturated heterocycles. The first-order valence-electron chi connectivity index (χ1n) is 6.50. The molecule has 1 aromatic rings. The molecule has 0 heterocycles. The van der Waals surface area contributed by atoms with Crippen molar-refractivity contribution < 1.29 is 13.9 Å². The van der Waals surface area contributed by atoms with Crippen molar-refractivity contribution in [2.24, 2.45) is 0 Å². The van der Waals surface area contributed by atoms with Gasteiger partial charge in [0.25, 0.3) is 0 Å². The summed E-state index contributed by atoms with van der Waals surface area (Å²) in [6, 6.07) is 3.95. The Morgan fingerprint density at radius 1 is 1.17 bits per heavy atom. The lowest BCUT2D eigenvalue weighted by Gasteiger charge is -2.26. The zero-order valence-corrected chi connectivity index (χ0v) is 10.3. The fourth-order valence-electron chi connectivity index (χ4n) is 2.43. The monoisotopic (exact) mass is 255 g/mol. The second kappa shape index (κ2) is 6.25. The zero-order valence-electron chi connectivity index (χ0n) is 10.3. The second-order valence-electron chi connectivity index (χ2n) is 4.95. The van der Waals surface area contributed by atoms with Gasteiger partial charge in [-0.2, -0.15) is 0 Å². The summed E-state index contributed by atoms with van der Waals surface area (Å²) in [6.07, 6.45) is 3.88. The van der Waals surface area contributed by atoms with Gasteiger partial charge in [-0.15, -0.1) is 0 Å². The Labute approximate surface area is 106 Å². The number of nitrogens with one attached hydrogen (secondary N) is 1. The van der Waals surface area contributed by atoms with Crippen LogP contribution in [0.25, 0.3) is 0 Å². The molecule has 18 heavy (non-hydrogen) atoms.